The van der Waals surface area contributed by atoms with Crippen molar-refractivity contribution in [2.75, 3.05) is 25.2 Å². The summed E-state index contributed by atoms with van der Waals surface area (Å²) < 4.78 is 18.0. The summed E-state index contributed by atoms with van der Waals surface area (Å²) >= 11 is 7.13. The second-order valence-corrected chi connectivity index (χ2v) is 9.61. The van der Waals surface area contributed by atoms with Crippen LogP contribution in [0.15, 0.2) is 39.3 Å². The van der Waals surface area contributed by atoms with Crippen LogP contribution in [0.1, 0.15) is 45.1 Å². The Balaban J connectivity index is 1.90. The second kappa shape index (κ2) is 10.7. The molecule has 2 aromatic carbocycles. The van der Waals surface area contributed by atoms with Crippen LogP contribution in [0, 0.1) is 5.92 Å². The molecule has 2 aromatic rings. The number of hydrogen-bond donors (Lipinski definition) is 0. The first-order valence-corrected chi connectivity index (χ1v) is 12.2. The smallest absolute Gasteiger partial charge is 0.326 e. The molecule has 0 N–H and O–H groups in total. The van der Waals surface area contributed by atoms with E-state index in [2.05, 4.69) is 45.7 Å². The van der Waals surface area contributed by atoms with Crippen LogP contribution in [0.5, 0.6) is 17.2 Å². The third-order valence-electron chi connectivity index (χ3n) is 5.12. The van der Waals surface area contributed by atoms with Crippen molar-refractivity contribution in [2.45, 2.75) is 39.5 Å². The van der Waals surface area contributed by atoms with E-state index in [0.717, 1.165) is 24.2 Å². The Bertz CT molecular complexity index is 981. The molecule has 0 saturated heterocycles. The maximum atomic E-state index is 12.9. The first-order chi connectivity index (χ1) is 15.2. The third-order valence-corrected chi connectivity index (χ3v) is 6.30. The molecule has 0 spiro atoms. The fraction of sp³-hybridized carbons (Fsp3) is 0.417. The van der Waals surface area contributed by atoms with Gasteiger partial charge in [0.1, 0.15) is 18.0 Å². The van der Waals surface area contributed by atoms with Crippen molar-refractivity contribution in [2.24, 2.45) is 5.92 Å². The van der Waals surface area contributed by atoms with E-state index in [1.807, 2.05) is 18.2 Å². The van der Waals surface area contributed by atoms with Gasteiger partial charge in [-0.05, 0) is 87.9 Å². The molecule has 1 aliphatic rings. The first kappa shape index (κ1) is 24.6. The average molecular weight is 569 g/mol. The van der Waals surface area contributed by atoms with Gasteiger partial charge in [-0.15, -0.1) is 0 Å². The minimum absolute atomic E-state index is 0.0355. The third kappa shape index (κ3) is 5.84. The van der Waals surface area contributed by atoms with Gasteiger partial charge < -0.3 is 19.1 Å². The number of halogens is 2. The number of nitrogens with zero attached hydrogens (tertiary/aromatic N) is 1. The van der Waals surface area contributed by atoms with E-state index in [4.69, 9.17) is 14.2 Å². The molecular formula is C24H27Br2NO5. The molecule has 1 amide bonds. The van der Waals surface area contributed by atoms with Gasteiger partial charge in [-0.1, -0.05) is 13.8 Å². The molecule has 0 heterocycles. The Morgan fingerprint density at radius 1 is 1.12 bits per heavy atom. The lowest BCUT2D eigenvalue weighted by Crippen LogP contribution is -2.37. The van der Waals surface area contributed by atoms with Crippen molar-refractivity contribution >= 4 is 49.4 Å². The largest absolute Gasteiger partial charge is 0.496 e. The number of benzene rings is 2. The summed E-state index contributed by atoms with van der Waals surface area (Å²) in [7, 11) is 1.65. The topological polar surface area (TPSA) is 65.1 Å². The van der Waals surface area contributed by atoms with Gasteiger partial charge in [-0.3, -0.25) is 9.59 Å². The van der Waals surface area contributed by atoms with E-state index < -0.39 is 5.97 Å². The SMILES string of the molecule is CCOC(=O)CN(C(=O)C1CC1)c1cc(Br)c(Oc2ccc(OC)c(C(C)C)c2)c(Br)c1. The van der Waals surface area contributed by atoms with Gasteiger partial charge in [0.2, 0.25) is 5.91 Å². The van der Waals surface area contributed by atoms with E-state index in [0.29, 0.717) is 26.1 Å². The van der Waals surface area contributed by atoms with Crippen LogP contribution in [-0.2, 0) is 14.3 Å². The summed E-state index contributed by atoms with van der Waals surface area (Å²) in [5.41, 5.74) is 1.64. The van der Waals surface area contributed by atoms with E-state index >= 15 is 0 Å². The minimum atomic E-state index is -0.437. The Morgan fingerprint density at radius 2 is 1.78 bits per heavy atom. The number of hydrogen-bond acceptors (Lipinski definition) is 5. The molecule has 0 aromatic heterocycles. The fourth-order valence-corrected chi connectivity index (χ4v) is 4.65. The van der Waals surface area contributed by atoms with Crippen molar-refractivity contribution in [1.29, 1.82) is 0 Å². The Labute approximate surface area is 205 Å². The fourth-order valence-electron chi connectivity index (χ4n) is 3.33. The van der Waals surface area contributed by atoms with Crippen molar-refractivity contribution in [3.63, 3.8) is 0 Å². The van der Waals surface area contributed by atoms with Crippen LogP contribution in [0.25, 0.3) is 0 Å². The molecular weight excluding hydrogens is 542 g/mol. The van der Waals surface area contributed by atoms with Crippen LogP contribution in [0.4, 0.5) is 5.69 Å². The summed E-state index contributed by atoms with van der Waals surface area (Å²) in [5, 5.41) is 0. The monoisotopic (exact) mass is 567 g/mol. The summed E-state index contributed by atoms with van der Waals surface area (Å²) in [6, 6.07) is 9.26. The molecule has 8 heteroatoms. The summed E-state index contributed by atoms with van der Waals surface area (Å²) in [4.78, 5) is 26.5. The predicted octanol–water partition coefficient (Wildman–Crippen LogP) is 6.44. The van der Waals surface area contributed by atoms with E-state index in [-0.39, 0.29) is 30.9 Å². The number of rotatable bonds is 9. The van der Waals surface area contributed by atoms with Crippen LogP contribution in [0.2, 0.25) is 0 Å². The zero-order valence-electron chi connectivity index (χ0n) is 18.6. The number of methoxy groups -OCH3 is 1. The molecule has 1 saturated carbocycles. The molecule has 1 fully saturated rings. The number of esters is 1. The normalized spacial score (nSPS) is 13.1. The standard InChI is InChI=1S/C24H27Br2NO5/c1-5-31-22(28)13-27(24(29)15-6-7-15)16-10-19(25)23(20(26)11-16)32-17-8-9-21(30-4)18(12-17)14(2)3/h8-12,14-15H,5-7,13H2,1-4H3. The molecule has 6 nitrogen and oxygen atoms in total. The Kier molecular flexibility index (Phi) is 8.22. The zero-order valence-corrected chi connectivity index (χ0v) is 21.8. The van der Waals surface area contributed by atoms with Gasteiger partial charge >= 0.3 is 5.97 Å². The Hall–Kier alpha value is -2.06. The van der Waals surface area contributed by atoms with Gasteiger partial charge in [0, 0.05) is 17.2 Å². The van der Waals surface area contributed by atoms with Crippen LogP contribution >= 0.6 is 31.9 Å². The number of amides is 1. The molecule has 32 heavy (non-hydrogen) atoms. The predicted molar refractivity (Wildman–Crippen MR) is 131 cm³/mol. The molecule has 0 aliphatic heterocycles. The van der Waals surface area contributed by atoms with E-state index in [9.17, 15) is 9.59 Å². The van der Waals surface area contributed by atoms with Crippen LogP contribution in [0.3, 0.4) is 0 Å². The molecule has 172 valence electrons. The highest BCUT2D eigenvalue weighted by Crippen LogP contribution is 2.42. The van der Waals surface area contributed by atoms with E-state index in [1.165, 1.54) is 4.90 Å². The van der Waals surface area contributed by atoms with Crippen molar-refractivity contribution in [1.82, 2.24) is 0 Å². The zero-order chi connectivity index (χ0) is 23.4. The van der Waals surface area contributed by atoms with Crippen LogP contribution in [-0.4, -0.2) is 32.1 Å². The molecule has 3 rings (SSSR count). The summed E-state index contributed by atoms with van der Waals surface area (Å²) in [6.07, 6.45) is 1.69. The molecule has 0 unspecified atom stereocenters. The lowest BCUT2D eigenvalue weighted by atomic mass is 10.0. The number of anilines is 1. The van der Waals surface area contributed by atoms with E-state index in [1.54, 1.807) is 26.2 Å². The lowest BCUT2D eigenvalue weighted by Gasteiger charge is -2.23. The molecule has 0 radical (unpaired) electrons. The first-order valence-electron chi connectivity index (χ1n) is 10.6. The number of carbonyl (C=O) groups is 2. The van der Waals surface area contributed by atoms with Crippen LogP contribution < -0.4 is 14.4 Å². The maximum absolute atomic E-state index is 12.9. The second-order valence-electron chi connectivity index (χ2n) is 7.90. The molecule has 1 aliphatic carbocycles. The highest BCUT2D eigenvalue weighted by molar-refractivity contribution is 9.11. The average Bonchev–Trinajstić information content (AvgIpc) is 3.59. The van der Waals surface area contributed by atoms with Crippen molar-refractivity contribution in [3.8, 4) is 17.2 Å². The maximum Gasteiger partial charge on any atom is 0.326 e. The lowest BCUT2D eigenvalue weighted by molar-refractivity contribution is -0.142. The summed E-state index contributed by atoms with van der Waals surface area (Å²) in [5.74, 6) is 1.79. The summed E-state index contributed by atoms with van der Waals surface area (Å²) in [6.45, 7) is 6.08. The molecule has 0 atom stereocenters. The van der Waals surface area contributed by atoms with Gasteiger partial charge in [0.05, 0.1) is 22.7 Å². The van der Waals surface area contributed by atoms with Gasteiger partial charge in [0.25, 0.3) is 0 Å². The number of carbonyl (C=O) groups excluding carboxylic acids is 2. The van der Waals surface area contributed by atoms with Gasteiger partial charge in [-0.25, -0.2) is 0 Å². The minimum Gasteiger partial charge on any atom is -0.496 e. The molecule has 0 bridgehead atoms. The van der Waals surface area contributed by atoms with Crippen molar-refractivity contribution in [3.05, 3.63) is 44.8 Å². The highest BCUT2D eigenvalue weighted by atomic mass is 79.9. The quantitative estimate of drug-likeness (QED) is 0.326. The van der Waals surface area contributed by atoms with Gasteiger partial charge in [0.15, 0.2) is 5.75 Å². The number of ether oxygens (including phenoxy) is 3. The van der Waals surface area contributed by atoms with Gasteiger partial charge in [-0.2, -0.15) is 0 Å². The Morgan fingerprint density at radius 3 is 2.31 bits per heavy atom. The van der Waals surface area contributed by atoms with Crippen molar-refractivity contribution < 1.29 is 23.8 Å². The highest BCUT2D eigenvalue weighted by Gasteiger charge is 2.35.